The van der Waals surface area contributed by atoms with Gasteiger partial charge < -0.3 is 0 Å². The first-order chi connectivity index (χ1) is 5.70. The van der Waals surface area contributed by atoms with E-state index >= 15 is 0 Å². The minimum Gasteiger partial charge on any atom is -0.295 e. The van der Waals surface area contributed by atoms with Crippen molar-refractivity contribution in [2.24, 2.45) is 0 Å². The maximum absolute atomic E-state index is 10.7. The molecule has 2 heteroatoms. The Balaban J connectivity index is 2.93. The summed E-state index contributed by atoms with van der Waals surface area (Å²) < 4.78 is 0.829. The summed E-state index contributed by atoms with van der Waals surface area (Å²) in [5.41, 5.74) is 1.02. The number of halogens is 1. The molecule has 12 heavy (non-hydrogen) atoms. The molecule has 0 saturated carbocycles. The molecule has 0 radical (unpaired) electrons. The van der Waals surface area contributed by atoms with Crippen molar-refractivity contribution >= 4 is 26.2 Å². The number of hydrogen-bond acceptors (Lipinski definition) is 1. The second-order valence-electron chi connectivity index (χ2n) is 2.47. The zero-order valence-electron chi connectivity index (χ0n) is 6.75. The third-order valence-electron chi connectivity index (χ3n) is 1.38. The van der Waals surface area contributed by atoms with E-state index in [1.54, 1.807) is 6.08 Å². The molecule has 0 bridgehead atoms. The van der Waals surface area contributed by atoms with Gasteiger partial charge in [-0.15, -0.1) is 0 Å². The quantitative estimate of drug-likeness (QED) is 0.707. The van der Waals surface area contributed by atoms with Gasteiger partial charge in [-0.3, -0.25) is 4.79 Å². The van der Waals surface area contributed by atoms with Gasteiger partial charge in [0.2, 0.25) is 0 Å². The standard InChI is InChI=1S/C10H9BrO/c1-8(12)7-10(11)9-5-3-2-4-6-9/h2-7H,1H3/b10-7-. The van der Waals surface area contributed by atoms with Crippen LogP contribution >= 0.6 is 15.9 Å². The van der Waals surface area contributed by atoms with Crippen molar-refractivity contribution in [2.75, 3.05) is 0 Å². The van der Waals surface area contributed by atoms with Crippen LogP contribution < -0.4 is 0 Å². The molecule has 1 aromatic carbocycles. The largest absolute Gasteiger partial charge is 0.295 e. The van der Waals surface area contributed by atoms with E-state index in [4.69, 9.17) is 0 Å². The SMILES string of the molecule is CC(=O)/C=C(\Br)c1ccccc1. The van der Waals surface area contributed by atoms with Crippen LogP contribution in [-0.2, 0) is 4.79 Å². The van der Waals surface area contributed by atoms with Gasteiger partial charge in [-0.25, -0.2) is 0 Å². The van der Waals surface area contributed by atoms with Gasteiger partial charge in [0.05, 0.1) is 0 Å². The number of carbonyl (C=O) groups excluding carboxylic acids is 1. The van der Waals surface area contributed by atoms with Crippen molar-refractivity contribution in [3.63, 3.8) is 0 Å². The summed E-state index contributed by atoms with van der Waals surface area (Å²) in [6.07, 6.45) is 1.56. The van der Waals surface area contributed by atoms with Crippen molar-refractivity contribution in [1.82, 2.24) is 0 Å². The third-order valence-corrected chi connectivity index (χ3v) is 2.07. The molecule has 0 N–H and O–H groups in total. The fourth-order valence-corrected chi connectivity index (χ4v) is 1.45. The molecule has 0 aromatic heterocycles. The number of hydrogen-bond donors (Lipinski definition) is 0. The molecule has 0 unspecified atom stereocenters. The lowest BCUT2D eigenvalue weighted by atomic mass is 10.2. The van der Waals surface area contributed by atoms with Crippen LogP contribution in [0.3, 0.4) is 0 Å². The lowest BCUT2D eigenvalue weighted by Crippen LogP contribution is -1.83. The number of benzene rings is 1. The van der Waals surface area contributed by atoms with E-state index in [2.05, 4.69) is 15.9 Å². The van der Waals surface area contributed by atoms with Crippen LogP contribution in [0.2, 0.25) is 0 Å². The number of allylic oxidation sites excluding steroid dienone is 1. The molecule has 0 spiro atoms. The summed E-state index contributed by atoms with van der Waals surface area (Å²) in [4.78, 5) is 10.7. The lowest BCUT2D eigenvalue weighted by Gasteiger charge is -1.96. The van der Waals surface area contributed by atoms with Gasteiger partial charge in [0.15, 0.2) is 5.78 Å². The molecule has 0 aliphatic heterocycles. The van der Waals surface area contributed by atoms with Gasteiger partial charge in [-0.1, -0.05) is 46.3 Å². The van der Waals surface area contributed by atoms with E-state index in [0.717, 1.165) is 10.0 Å². The minimum absolute atomic E-state index is 0.0470. The average molecular weight is 225 g/mol. The second-order valence-corrected chi connectivity index (χ2v) is 3.32. The van der Waals surface area contributed by atoms with Crippen molar-refractivity contribution in [2.45, 2.75) is 6.92 Å². The first-order valence-electron chi connectivity index (χ1n) is 3.63. The molecule has 1 aromatic rings. The van der Waals surface area contributed by atoms with Gasteiger partial charge in [0.25, 0.3) is 0 Å². The highest BCUT2D eigenvalue weighted by Gasteiger charge is 1.96. The molecule has 0 saturated heterocycles. The molecule has 0 amide bonds. The summed E-state index contributed by atoms with van der Waals surface area (Å²) in [6.45, 7) is 1.53. The number of ketones is 1. The molecule has 0 aliphatic rings. The summed E-state index contributed by atoms with van der Waals surface area (Å²) in [5.74, 6) is 0.0470. The summed E-state index contributed by atoms with van der Waals surface area (Å²) >= 11 is 3.33. The van der Waals surface area contributed by atoms with Crippen LogP contribution in [0.15, 0.2) is 36.4 Å². The first kappa shape index (κ1) is 9.20. The van der Waals surface area contributed by atoms with E-state index in [-0.39, 0.29) is 5.78 Å². The van der Waals surface area contributed by atoms with E-state index in [0.29, 0.717) is 0 Å². The highest BCUT2D eigenvalue weighted by atomic mass is 79.9. The van der Waals surface area contributed by atoms with E-state index < -0.39 is 0 Å². The normalized spacial score (nSPS) is 11.3. The topological polar surface area (TPSA) is 17.1 Å². The first-order valence-corrected chi connectivity index (χ1v) is 4.42. The predicted octanol–water partition coefficient (Wildman–Crippen LogP) is 3.01. The lowest BCUT2D eigenvalue weighted by molar-refractivity contribution is -0.112. The van der Waals surface area contributed by atoms with Gasteiger partial charge in [0.1, 0.15) is 0 Å². The Bertz CT molecular complexity index is 301. The van der Waals surface area contributed by atoms with Crippen molar-refractivity contribution < 1.29 is 4.79 Å². The highest BCUT2D eigenvalue weighted by molar-refractivity contribution is 9.15. The van der Waals surface area contributed by atoms with E-state index in [9.17, 15) is 4.79 Å². The van der Waals surface area contributed by atoms with Gasteiger partial charge in [-0.2, -0.15) is 0 Å². The van der Waals surface area contributed by atoms with Gasteiger partial charge >= 0.3 is 0 Å². The molecule has 1 nitrogen and oxygen atoms in total. The predicted molar refractivity (Wildman–Crippen MR) is 54.0 cm³/mol. The van der Waals surface area contributed by atoms with Crippen LogP contribution in [0, 0.1) is 0 Å². The molecular formula is C10H9BrO. The molecule has 62 valence electrons. The van der Waals surface area contributed by atoms with Crippen molar-refractivity contribution in [3.8, 4) is 0 Å². The van der Waals surface area contributed by atoms with Gasteiger partial charge in [-0.05, 0) is 18.6 Å². The third kappa shape index (κ3) is 2.62. The molecule has 0 aliphatic carbocycles. The summed E-state index contributed by atoms with van der Waals surface area (Å²) in [7, 11) is 0. The van der Waals surface area contributed by atoms with Crippen LogP contribution in [0.25, 0.3) is 4.48 Å². The molecule has 0 atom stereocenters. The Labute approximate surface area is 80.2 Å². The summed E-state index contributed by atoms with van der Waals surface area (Å²) in [6, 6.07) is 9.71. The fourth-order valence-electron chi connectivity index (χ4n) is 0.859. The Hall–Kier alpha value is -0.890. The number of rotatable bonds is 2. The molecule has 0 heterocycles. The molecule has 1 rings (SSSR count). The summed E-state index contributed by atoms with van der Waals surface area (Å²) in [5, 5.41) is 0. The average Bonchev–Trinajstić information content (AvgIpc) is 2.05. The Morgan fingerprint density at radius 3 is 2.42 bits per heavy atom. The zero-order chi connectivity index (χ0) is 8.97. The van der Waals surface area contributed by atoms with Crippen molar-refractivity contribution in [3.05, 3.63) is 42.0 Å². The minimum atomic E-state index is 0.0470. The molecule has 0 fully saturated rings. The maximum Gasteiger partial charge on any atom is 0.153 e. The van der Waals surface area contributed by atoms with Crippen LogP contribution in [0.1, 0.15) is 12.5 Å². The Morgan fingerprint density at radius 2 is 1.92 bits per heavy atom. The Kier molecular flexibility index (Phi) is 3.23. The van der Waals surface area contributed by atoms with E-state index in [1.807, 2.05) is 30.3 Å². The van der Waals surface area contributed by atoms with Gasteiger partial charge in [0, 0.05) is 4.48 Å². The fraction of sp³-hybridized carbons (Fsp3) is 0.100. The van der Waals surface area contributed by atoms with Crippen molar-refractivity contribution in [1.29, 1.82) is 0 Å². The Morgan fingerprint density at radius 1 is 1.33 bits per heavy atom. The highest BCUT2D eigenvalue weighted by Crippen LogP contribution is 2.19. The smallest absolute Gasteiger partial charge is 0.153 e. The monoisotopic (exact) mass is 224 g/mol. The zero-order valence-corrected chi connectivity index (χ0v) is 8.34. The van der Waals surface area contributed by atoms with Crippen LogP contribution in [0.5, 0.6) is 0 Å². The van der Waals surface area contributed by atoms with Crippen LogP contribution in [0.4, 0.5) is 0 Å². The second kappa shape index (κ2) is 4.21. The number of carbonyl (C=O) groups is 1. The van der Waals surface area contributed by atoms with Crippen LogP contribution in [-0.4, -0.2) is 5.78 Å². The maximum atomic E-state index is 10.7. The molecular weight excluding hydrogens is 216 g/mol. The van der Waals surface area contributed by atoms with E-state index in [1.165, 1.54) is 6.92 Å².